The fourth-order valence-corrected chi connectivity index (χ4v) is 0. The summed E-state index contributed by atoms with van der Waals surface area (Å²) in [6.07, 6.45) is 1.65. The van der Waals surface area contributed by atoms with Crippen molar-refractivity contribution in [3.63, 3.8) is 0 Å². The van der Waals surface area contributed by atoms with Crippen LogP contribution in [-0.2, 0) is 0 Å². The molecule has 2 heteroatoms. The Morgan fingerprint density at radius 3 is 2.00 bits per heavy atom. The molecular formula is C3H7LiN+. The van der Waals surface area contributed by atoms with E-state index in [-0.39, 0.29) is 18.9 Å². The maximum atomic E-state index is 4.91. The summed E-state index contributed by atoms with van der Waals surface area (Å²) in [6.45, 7) is 3.94. The minimum atomic E-state index is 0. The molecule has 0 fully saturated rings. The first-order valence-corrected chi connectivity index (χ1v) is 1.22. The molecule has 0 aliphatic rings. The normalized spacial score (nSPS) is 5.00. The van der Waals surface area contributed by atoms with E-state index in [1.165, 1.54) is 0 Å². The van der Waals surface area contributed by atoms with E-state index in [4.69, 9.17) is 5.73 Å². The first-order chi connectivity index (χ1) is 1.91. The number of hydrogen-bond donors (Lipinski definition) is 1. The van der Waals surface area contributed by atoms with Crippen LogP contribution in [0.15, 0.2) is 12.7 Å². The van der Waals surface area contributed by atoms with Gasteiger partial charge in [-0.25, -0.2) is 0 Å². The second-order valence-corrected chi connectivity index (χ2v) is 0.524. The van der Waals surface area contributed by atoms with E-state index in [0.717, 1.165) is 0 Å². The number of nitrogens with two attached hydrogens (primary N) is 1. The van der Waals surface area contributed by atoms with Crippen LogP contribution >= 0.6 is 0 Å². The molecule has 0 bridgehead atoms. The summed E-state index contributed by atoms with van der Waals surface area (Å²) in [5.74, 6) is 0. The molecule has 0 aliphatic heterocycles. The minimum absolute atomic E-state index is 0. The van der Waals surface area contributed by atoms with Crippen LogP contribution in [0.1, 0.15) is 0 Å². The number of hydrogen-bond acceptors (Lipinski definition) is 1. The molecule has 0 radical (unpaired) electrons. The van der Waals surface area contributed by atoms with Gasteiger partial charge >= 0.3 is 18.9 Å². The summed E-state index contributed by atoms with van der Waals surface area (Å²) in [7, 11) is 0. The fraction of sp³-hybridized carbons (Fsp3) is 0.333. The zero-order chi connectivity index (χ0) is 3.41. The van der Waals surface area contributed by atoms with Gasteiger partial charge in [0.1, 0.15) is 0 Å². The standard InChI is InChI=1S/C3H7N.Li/c1-2-3-4;/h2H,1,3-4H2;/q;+1. The van der Waals surface area contributed by atoms with Crippen LogP contribution in [0.4, 0.5) is 0 Å². The third kappa shape index (κ3) is 13.5. The fourth-order valence-electron chi connectivity index (χ4n) is 0. The first kappa shape index (κ1) is 9.00. The van der Waals surface area contributed by atoms with Crippen LogP contribution in [0, 0.1) is 0 Å². The minimum Gasteiger partial charge on any atom is -0.327 e. The zero-order valence-corrected chi connectivity index (χ0v) is 3.57. The zero-order valence-electron chi connectivity index (χ0n) is 3.57. The van der Waals surface area contributed by atoms with Crippen molar-refractivity contribution in [2.24, 2.45) is 5.73 Å². The van der Waals surface area contributed by atoms with Gasteiger partial charge in [-0.3, -0.25) is 0 Å². The van der Waals surface area contributed by atoms with Gasteiger partial charge in [0.15, 0.2) is 0 Å². The van der Waals surface area contributed by atoms with Crippen molar-refractivity contribution >= 4 is 0 Å². The average Bonchev–Trinajstić information content (AvgIpc) is 1.37. The molecular weight excluding hydrogens is 57.0 g/mol. The predicted octanol–water partition coefficient (Wildman–Crippen LogP) is -2.86. The van der Waals surface area contributed by atoms with Gasteiger partial charge in [-0.05, 0) is 0 Å². The van der Waals surface area contributed by atoms with Crippen LogP contribution in [0.3, 0.4) is 0 Å². The molecule has 0 aromatic heterocycles. The van der Waals surface area contributed by atoms with Gasteiger partial charge in [-0.2, -0.15) is 0 Å². The molecule has 0 spiro atoms. The largest absolute Gasteiger partial charge is 1.00 e. The summed E-state index contributed by atoms with van der Waals surface area (Å²) >= 11 is 0. The van der Waals surface area contributed by atoms with Gasteiger partial charge in [0.25, 0.3) is 0 Å². The summed E-state index contributed by atoms with van der Waals surface area (Å²) in [5.41, 5.74) is 4.91. The molecule has 0 heterocycles. The Hall–Kier alpha value is 0.297. The van der Waals surface area contributed by atoms with Gasteiger partial charge in [0.05, 0.1) is 0 Å². The summed E-state index contributed by atoms with van der Waals surface area (Å²) in [6, 6.07) is 0. The van der Waals surface area contributed by atoms with Crippen LogP contribution in [0.2, 0.25) is 0 Å². The van der Waals surface area contributed by atoms with Gasteiger partial charge < -0.3 is 5.73 Å². The number of rotatable bonds is 1. The molecule has 0 amide bonds. The third-order valence-corrected chi connectivity index (χ3v) is 0.167. The van der Waals surface area contributed by atoms with Crippen LogP contribution < -0.4 is 24.6 Å². The Bertz CT molecular complexity index is 20.9. The van der Waals surface area contributed by atoms with E-state index in [0.29, 0.717) is 6.54 Å². The third-order valence-electron chi connectivity index (χ3n) is 0.167. The maximum Gasteiger partial charge on any atom is 1.00 e. The van der Waals surface area contributed by atoms with Crippen molar-refractivity contribution in [3.8, 4) is 0 Å². The Morgan fingerprint density at radius 2 is 2.00 bits per heavy atom. The second kappa shape index (κ2) is 8.85. The van der Waals surface area contributed by atoms with Gasteiger partial charge in [-0.1, -0.05) is 6.08 Å². The molecule has 0 aliphatic carbocycles. The quantitative estimate of drug-likeness (QED) is 0.257. The Labute approximate surface area is 44.4 Å². The molecule has 24 valence electrons. The molecule has 0 aromatic rings. The molecule has 5 heavy (non-hydrogen) atoms. The molecule has 0 saturated carbocycles. The molecule has 2 N–H and O–H groups in total. The van der Waals surface area contributed by atoms with E-state index in [9.17, 15) is 0 Å². The Kier molecular flexibility index (Phi) is 15.9. The predicted molar refractivity (Wildman–Crippen MR) is 19.3 cm³/mol. The molecule has 0 unspecified atom stereocenters. The van der Waals surface area contributed by atoms with Crippen molar-refractivity contribution in [2.75, 3.05) is 6.54 Å². The smallest absolute Gasteiger partial charge is 0.327 e. The topological polar surface area (TPSA) is 26.0 Å². The molecule has 0 atom stereocenters. The van der Waals surface area contributed by atoms with Crippen molar-refractivity contribution < 1.29 is 18.9 Å². The van der Waals surface area contributed by atoms with E-state index in [1.54, 1.807) is 6.08 Å². The van der Waals surface area contributed by atoms with Crippen molar-refractivity contribution in [2.45, 2.75) is 0 Å². The van der Waals surface area contributed by atoms with Gasteiger partial charge in [0.2, 0.25) is 0 Å². The van der Waals surface area contributed by atoms with Crippen LogP contribution in [-0.4, -0.2) is 6.54 Å². The Balaban J connectivity index is 0. The molecule has 1 nitrogen and oxygen atoms in total. The average molecular weight is 64.0 g/mol. The Morgan fingerprint density at radius 1 is 1.80 bits per heavy atom. The molecule has 0 aromatic carbocycles. The SMILES string of the molecule is C=CCN.[Li+]. The summed E-state index contributed by atoms with van der Waals surface area (Å²) in [4.78, 5) is 0. The van der Waals surface area contributed by atoms with E-state index < -0.39 is 0 Å². The second-order valence-electron chi connectivity index (χ2n) is 0.524. The van der Waals surface area contributed by atoms with E-state index >= 15 is 0 Å². The molecule has 0 rings (SSSR count). The van der Waals surface area contributed by atoms with Crippen molar-refractivity contribution in [1.29, 1.82) is 0 Å². The van der Waals surface area contributed by atoms with Crippen LogP contribution in [0.5, 0.6) is 0 Å². The van der Waals surface area contributed by atoms with Crippen molar-refractivity contribution in [3.05, 3.63) is 12.7 Å². The van der Waals surface area contributed by atoms with E-state index in [1.807, 2.05) is 0 Å². The van der Waals surface area contributed by atoms with Gasteiger partial charge in [0, 0.05) is 6.54 Å². The first-order valence-electron chi connectivity index (χ1n) is 1.22. The summed E-state index contributed by atoms with van der Waals surface area (Å²) < 4.78 is 0. The molecule has 0 saturated heterocycles. The van der Waals surface area contributed by atoms with E-state index in [2.05, 4.69) is 6.58 Å². The van der Waals surface area contributed by atoms with Crippen LogP contribution in [0.25, 0.3) is 0 Å². The monoisotopic (exact) mass is 64.1 g/mol. The summed E-state index contributed by atoms with van der Waals surface area (Å²) in [5, 5.41) is 0. The van der Waals surface area contributed by atoms with Crippen molar-refractivity contribution in [1.82, 2.24) is 0 Å². The van der Waals surface area contributed by atoms with Gasteiger partial charge in [-0.15, -0.1) is 6.58 Å². The maximum absolute atomic E-state index is 4.91.